The summed E-state index contributed by atoms with van der Waals surface area (Å²) in [5, 5.41) is 0.724. The van der Waals surface area contributed by atoms with Gasteiger partial charge >= 0.3 is 0 Å². The van der Waals surface area contributed by atoms with Crippen LogP contribution in [0.25, 0.3) is 11.1 Å². The first-order valence-corrected chi connectivity index (χ1v) is 9.23. The minimum Gasteiger partial charge on any atom is -0.494 e. The largest absolute Gasteiger partial charge is 0.494 e. The summed E-state index contributed by atoms with van der Waals surface area (Å²) < 4.78 is 5.71. The van der Waals surface area contributed by atoms with Crippen molar-refractivity contribution in [3.8, 4) is 28.7 Å². The van der Waals surface area contributed by atoms with Crippen LogP contribution in [0.3, 0.4) is 0 Å². The molecular weight excluding hydrogens is 340 g/mol. The average Bonchev–Trinajstić information content (AvgIpc) is 2.69. The Morgan fingerprint density at radius 1 is 0.731 bits per heavy atom. The molecule has 0 amide bonds. The van der Waals surface area contributed by atoms with Crippen LogP contribution in [0.4, 0.5) is 0 Å². The van der Waals surface area contributed by atoms with Gasteiger partial charge in [-0.25, -0.2) is 0 Å². The standard InChI is InChI=1S/C24H21ClO/c1-2-3-18-26-24-16-12-22(13-17-24)21-10-6-19(7-11-21)4-5-20-8-14-23(25)15-9-20/h6-17H,2-3,18H2,1H3. The van der Waals surface area contributed by atoms with E-state index < -0.39 is 0 Å². The van der Waals surface area contributed by atoms with Crippen molar-refractivity contribution in [3.63, 3.8) is 0 Å². The zero-order valence-electron chi connectivity index (χ0n) is 14.8. The second-order valence-electron chi connectivity index (χ2n) is 6.06. The fourth-order valence-corrected chi connectivity index (χ4v) is 2.63. The Hall–Kier alpha value is -2.69. The van der Waals surface area contributed by atoms with Crippen LogP contribution in [0, 0.1) is 11.8 Å². The Kier molecular flexibility index (Phi) is 6.36. The highest BCUT2D eigenvalue weighted by Gasteiger charge is 1.99. The number of unbranched alkanes of at least 4 members (excludes halogenated alkanes) is 1. The highest BCUT2D eigenvalue weighted by molar-refractivity contribution is 6.30. The van der Waals surface area contributed by atoms with Gasteiger partial charge < -0.3 is 4.74 Å². The molecule has 26 heavy (non-hydrogen) atoms. The van der Waals surface area contributed by atoms with Gasteiger partial charge in [0.15, 0.2) is 0 Å². The molecule has 0 aliphatic rings. The molecule has 0 saturated carbocycles. The molecule has 0 aliphatic heterocycles. The summed E-state index contributed by atoms with van der Waals surface area (Å²) in [5.74, 6) is 7.26. The van der Waals surface area contributed by atoms with Gasteiger partial charge in [0.1, 0.15) is 5.75 Å². The van der Waals surface area contributed by atoms with Crippen LogP contribution in [0.1, 0.15) is 30.9 Å². The Balaban J connectivity index is 1.66. The SMILES string of the molecule is CCCCOc1ccc(-c2ccc(C#Cc3ccc(Cl)cc3)cc2)cc1. The van der Waals surface area contributed by atoms with Crippen LogP contribution in [-0.2, 0) is 0 Å². The highest BCUT2D eigenvalue weighted by atomic mass is 35.5. The van der Waals surface area contributed by atoms with E-state index >= 15 is 0 Å². The summed E-state index contributed by atoms with van der Waals surface area (Å²) in [5.41, 5.74) is 4.28. The topological polar surface area (TPSA) is 9.23 Å². The number of halogens is 1. The monoisotopic (exact) mass is 360 g/mol. The molecule has 1 nitrogen and oxygen atoms in total. The van der Waals surface area contributed by atoms with Gasteiger partial charge in [-0.05, 0) is 66.1 Å². The molecule has 0 aliphatic carbocycles. The van der Waals surface area contributed by atoms with Crippen LogP contribution < -0.4 is 4.74 Å². The predicted octanol–water partition coefficient (Wildman–Crippen LogP) is 6.59. The lowest BCUT2D eigenvalue weighted by Gasteiger charge is -2.07. The maximum absolute atomic E-state index is 5.89. The van der Waals surface area contributed by atoms with E-state index in [4.69, 9.17) is 16.3 Å². The van der Waals surface area contributed by atoms with Crippen molar-refractivity contribution >= 4 is 11.6 Å². The van der Waals surface area contributed by atoms with Crippen molar-refractivity contribution in [2.75, 3.05) is 6.61 Å². The fourth-order valence-electron chi connectivity index (χ4n) is 2.50. The first-order chi connectivity index (χ1) is 12.7. The highest BCUT2D eigenvalue weighted by Crippen LogP contribution is 2.23. The molecule has 130 valence electrons. The van der Waals surface area contributed by atoms with E-state index in [1.165, 1.54) is 11.1 Å². The number of hydrogen-bond donors (Lipinski definition) is 0. The fraction of sp³-hybridized carbons (Fsp3) is 0.167. The molecule has 0 aromatic heterocycles. The Bertz CT molecular complexity index is 882. The van der Waals surface area contributed by atoms with Crippen LogP contribution in [0.15, 0.2) is 72.8 Å². The van der Waals surface area contributed by atoms with Gasteiger partial charge in [0.05, 0.1) is 6.61 Å². The summed E-state index contributed by atoms with van der Waals surface area (Å²) in [4.78, 5) is 0. The Morgan fingerprint density at radius 2 is 1.23 bits per heavy atom. The molecule has 3 aromatic carbocycles. The lowest BCUT2D eigenvalue weighted by atomic mass is 10.0. The van der Waals surface area contributed by atoms with Crippen molar-refractivity contribution < 1.29 is 4.74 Å². The zero-order chi connectivity index (χ0) is 18.2. The van der Waals surface area contributed by atoms with E-state index in [-0.39, 0.29) is 0 Å². The van der Waals surface area contributed by atoms with Gasteiger partial charge in [-0.15, -0.1) is 0 Å². The molecule has 3 rings (SSSR count). The van der Waals surface area contributed by atoms with Gasteiger partial charge in [0, 0.05) is 16.1 Å². The summed E-state index contributed by atoms with van der Waals surface area (Å²) in [7, 11) is 0. The van der Waals surface area contributed by atoms with Crippen LogP contribution in [0.2, 0.25) is 5.02 Å². The average molecular weight is 361 g/mol. The molecule has 2 heteroatoms. The normalized spacial score (nSPS) is 10.1. The van der Waals surface area contributed by atoms with Gasteiger partial charge in [-0.1, -0.05) is 61.1 Å². The third-order valence-corrected chi connectivity index (χ3v) is 4.29. The lowest BCUT2D eigenvalue weighted by Crippen LogP contribution is -1.95. The molecule has 0 spiro atoms. The third-order valence-electron chi connectivity index (χ3n) is 4.03. The summed E-state index contributed by atoms with van der Waals surface area (Å²) in [6, 6.07) is 24.1. The van der Waals surface area contributed by atoms with Crippen molar-refractivity contribution in [3.05, 3.63) is 88.9 Å². The van der Waals surface area contributed by atoms with Crippen molar-refractivity contribution in [2.24, 2.45) is 0 Å². The van der Waals surface area contributed by atoms with Gasteiger partial charge in [-0.2, -0.15) is 0 Å². The van der Waals surface area contributed by atoms with Crippen LogP contribution in [-0.4, -0.2) is 6.61 Å². The van der Waals surface area contributed by atoms with Gasteiger partial charge in [0.25, 0.3) is 0 Å². The van der Waals surface area contributed by atoms with Gasteiger partial charge in [0.2, 0.25) is 0 Å². The van der Waals surface area contributed by atoms with Crippen molar-refractivity contribution in [2.45, 2.75) is 19.8 Å². The second kappa shape index (κ2) is 9.13. The summed E-state index contributed by atoms with van der Waals surface area (Å²) in [6.07, 6.45) is 2.23. The molecule has 0 saturated heterocycles. The summed E-state index contributed by atoms with van der Waals surface area (Å²) in [6.45, 7) is 2.94. The van der Waals surface area contributed by atoms with E-state index in [1.807, 2.05) is 48.5 Å². The maximum atomic E-state index is 5.89. The van der Waals surface area contributed by atoms with E-state index in [0.29, 0.717) is 0 Å². The maximum Gasteiger partial charge on any atom is 0.119 e. The third kappa shape index (κ3) is 5.15. The van der Waals surface area contributed by atoms with E-state index in [0.717, 1.165) is 41.3 Å². The quantitative estimate of drug-likeness (QED) is 0.368. The summed E-state index contributed by atoms with van der Waals surface area (Å²) >= 11 is 5.89. The van der Waals surface area contributed by atoms with Gasteiger partial charge in [-0.3, -0.25) is 0 Å². The molecular formula is C24H21ClO. The number of benzene rings is 3. The minimum atomic E-state index is 0.724. The smallest absolute Gasteiger partial charge is 0.119 e. The van der Waals surface area contributed by atoms with E-state index in [1.54, 1.807) is 0 Å². The van der Waals surface area contributed by atoms with E-state index in [2.05, 4.69) is 43.0 Å². The number of rotatable bonds is 5. The van der Waals surface area contributed by atoms with Crippen LogP contribution >= 0.6 is 11.6 Å². The van der Waals surface area contributed by atoms with Crippen molar-refractivity contribution in [1.82, 2.24) is 0 Å². The molecule has 0 radical (unpaired) electrons. The molecule has 0 atom stereocenters. The molecule has 3 aromatic rings. The molecule has 0 fully saturated rings. The van der Waals surface area contributed by atoms with Crippen molar-refractivity contribution in [1.29, 1.82) is 0 Å². The number of hydrogen-bond acceptors (Lipinski definition) is 1. The molecule has 0 heterocycles. The molecule has 0 unspecified atom stereocenters. The van der Waals surface area contributed by atoms with Crippen LogP contribution in [0.5, 0.6) is 5.75 Å². The predicted molar refractivity (Wildman–Crippen MR) is 110 cm³/mol. The second-order valence-corrected chi connectivity index (χ2v) is 6.50. The number of ether oxygens (including phenoxy) is 1. The van der Waals surface area contributed by atoms with E-state index in [9.17, 15) is 0 Å². The first kappa shape index (κ1) is 18.1. The first-order valence-electron chi connectivity index (χ1n) is 8.85. The lowest BCUT2D eigenvalue weighted by molar-refractivity contribution is 0.309. The molecule has 0 bridgehead atoms. The Labute approximate surface area is 160 Å². The minimum absolute atomic E-state index is 0.724. The Morgan fingerprint density at radius 3 is 1.77 bits per heavy atom. The zero-order valence-corrected chi connectivity index (χ0v) is 15.6. The molecule has 0 N–H and O–H groups in total.